The molecule has 0 spiro atoms. The lowest BCUT2D eigenvalue weighted by molar-refractivity contribution is 0.297. The molecule has 1 saturated carbocycles. The van der Waals surface area contributed by atoms with E-state index < -0.39 is 0 Å². The summed E-state index contributed by atoms with van der Waals surface area (Å²) in [6, 6.07) is 28.7. The zero-order valence-electron chi connectivity index (χ0n) is 18.4. The van der Waals surface area contributed by atoms with Crippen LogP contribution in [0.1, 0.15) is 68.9 Å². The Morgan fingerprint density at radius 2 is 1.37 bits per heavy atom. The Kier molecular flexibility index (Phi) is 6.89. The van der Waals surface area contributed by atoms with Crippen molar-refractivity contribution >= 4 is 0 Å². The molecular weight excluding hydrogens is 364 g/mol. The van der Waals surface area contributed by atoms with Gasteiger partial charge in [0.05, 0.1) is 6.61 Å². The van der Waals surface area contributed by atoms with Crippen LogP contribution in [0.25, 0.3) is 11.1 Å². The van der Waals surface area contributed by atoms with E-state index in [4.69, 9.17) is 4.74 Å². The lowest BCUT2D eigenvalue weighted by Gasteiger charge is -2.30. The fourth-order valence-corrected chi connectivity index (χ4v) is 5.01. The molecule has 3 aromatic carbocycles. The van der Waals surface area contributed by atoms with Crippen LogP contribution in [0.2, 0.25) is 0 Å². The summed E-state index contributed by atoms with van der Waals surface area (Å²) in [6.07, 6.45) is 6.71. The summed E-state index contributed by atoms with van der Waals surface area (Å²) in [7, 11) is 0. The van der Waals surface area contributed by atoms with Crippen LogP contribution in [0.15, 0.2) is 78.9 Å². The summed E-state index contributed by atoms with van der Waals surface area (Å²) in [5.74, 6) is 3.21. The molecule has 0 radical (unpaired) electrons. The van der Waals surface area contributed by atoms with E-state index in [2.05, 4.69) is 85.8 Å². The second kappa shape index (κ2) is 9.98. The second-order valence-electron chi connectivity index (χ2n) is 8.84. The van der Waals surface area contributed by atoms with Gasteiger partial charge in [-0.25, -0.2) is 0 Å². The Morgan fingerprint density at radius 3 is 1.97 bits per heavy atom. The molecule has 0 aromatic heterocycles. The van der Waals surface area contributed by atoms with Crippen LogP contribution in [0, 0.1) is 5.92 Å². The molecule has 0 heterocycles. The third-order valence-corrected chi connectivity index (χ3v) is 6.78. The van der Waals surface area contributed by atoms with Crippen LogP contribution >= 0.6 is 0 Å². The SMILES string of the molecule is CCOc1ccc(-c2ccc(C3CCC(CC(C)c4ccccc4)CC3)cc2)cc1. The van der Waals surface area contributed by atoms with Gasteiger partial charge < -0.3 is 4.74 Å². The fourth-order valence-electron chi connectivity index (χ4n) is 5.01. The van der Waals surface area contributed by atoms with Gasteiger partial charge in [-0.2, -0.15) is 0 Å². The molecule has 0 bridgehead atoms. The normalized spacial score (nSPS) is 19.9. The van der Waals surface area contributed by atoms with Gasteiger partial charge in [-0.3, -0.25) is 0 Å². The predicted molar refractivity (Wildman–Crippen MR) is 127 cm³/mol. The van der Waals surface area contributed by atoms with Crippen LogP contribution in [0.3, 0.4) is 0 Å². The Balaban J connectivity index is 1.31. The van der Waals surface area contributed by atoms with Crippen LogP contribution in [-0.2, 0) is 0 Å². The average molecular weight is 399 g/mol. The second-order valence-corrected chi connectivity index (χ2v) is 8.84. The number of rotatable bonds is 7. The van der Waals surface area contributed by atoms with Crippen LogP contribution < -0.4 is 4.74 Å². The zero-order chi connectivity index (χ0) is 20.8. The topological polar surface area (TPSA) is 9.23 Å². The number of hydrogen-bond acceptors (Lipinski definition) is 1. The number of ether oxygens (including phenoxy) is 1. The van der Waals surface area contributed by atoms with Crippen molar-refractivity contribution in [3.05, 3.63) is 90.0 Å². The molecule has 0 aliphatic heterocycles. The highest BCUT2D eigenvalue weighted by Gasteiger charge is 2.24. The van der Waals surface area contributed by atoms with E-state index >= 15 is 0 Å². The van der Waals surface area contributed by atoms with E-state index in [-0.39, 0.29) is 0 Å². The van der Waals surface area contributed by atoms with E-state index in [1.54, 1.807) is 0 Å². The van der Waals surface area contributed by atoms with Gasteiger partial charge in [0.25, 0.3) is 0 Å². The van der Waals surface area contributed by atoms with Crippen molar-refractivity contribution in [1.82, 2.24) is 0 Å². The maximum Gasteiger partial charge on any atom is 0.119 e. The van der Waals surface area contributed by atoms with Crippen LogP contribution in [0.4, 0.5) is 0 Å². The lowest BCUT2D eigenvalue weighted by Crippen LogP contribution is -2.15. The lowest BCUT2D eigenvalue weighted by atomic mass is 9.75. The van der Waals surface area contributed by atoms with E-state index in [0.717, 1.165) is 17.6 Å². The molecule has 1 unspecified atom stereocenters. The Morgan fingerprint density at radius 1 is 0.767 bits per heavy atom. The summed E-state index contributed by atoms with van der Waals surface area (Å²) in [4.78, 5) is 0. The zero-order valence-corrected chi connectivity index (χ0v) is 18.4. The quantitative estimate of drug-likeness (QED) is 0.389. The number of hydrogen-bond donors (Lipinski definition) is 0. The highest BCUT2D eigenvalue weighted by atomic mass is 16.5. The third-order valence-electron chi connectivity index (χ3n) is 6.78. The van der Waals surface area contributed by atoms with E-state index in [1.807, 2.05) is 6.92 Å². The largest absolute Gasteiger partial charge is 0.494 e. The number of benzene rings is 3. The van der Waals surface area contributed by atoms with Gasteiger partial charge in [-0.05, 0) is 91.2 Å². The van der Waals surface area contributed by atoms with Crippen molar-refractivity contribution < 1.29 is 4.74 Å². The molecule has 1 atom stereocenters. The molecule has 4 rings (SSSR count). The minimum absolute atomic E-state index is 0.668. The summed E-state index contributed by atoms with van der Waals surface area (Å²) in [6.45, 7) is 5.12. The Labute approximate surface area is 182 Å². The molecule has 1 nitrogen and oxygen atoms in total. The smallest absolute Gasteiger partial charge is 0.119 e. The summed E-state index contributed by atoms with van der Waals surface area (Å²) in [5, 5.41) is 0. The minimum Gasteiger partial charge on any atom is -0.494 e. The van der Waals surface area contributed by atoms with Gasteiger partial charge in [0.1, 0.15) is 5.75 Å². The highest BCUT2D eigenvalue weighted by molar-refractivity contribution is 5.64. The summed E-state index contributed by atoms with van der Waals surface area (Å²) < 4.78 is 5.55. The molecule has 3 aromatic rings. The maximum atomic E-state index is 5.55. The third kappa shape index (κ3) is 5.14. The van der Waals surface area contributed by atoms with Crippen molar-refractivity contribution in [2.45, 2.75) is 57.8 Å². The standard InChI is InChI=1S/C29H34O/c1-3-30-29-19-17-28(18-20-29)27-15-13-26(14-16-27)25-11-9-23(10-12-25)21-22(2)24-7-5-4-6-8-24/h4-8,13-20,22-23,25H,3,9-12,21H2,1-2H3. The van der Waals surface area contributed by atoms with E-state index in [1.165, 1.54) is 54.4 Å². The summed E-state index contributed by atoms with van der Waals surface area (Å²) in [5.41, 5.74) is 5.54. The van der Waals surface area contributed by atoms with Crippen LogP contribution in [0.5, 0.6) is 5.75 Å². The van der Waals surface area contributed by atoms with Gasteiger partial charge in [0.2, 0.25) is 0 Å². The van der Waals surface area contributed by atoms with Crippen molar-refractivity contribution in [3.63, 3.8) is 0 Å². The van der Waals surface area contributed by atoms with E-state index in [0.29, 0.717) is 12.5 Å². The first-order valence-corrected chi connectivity index (χ1v) is 11.6. The minimum atomic E-state index is 0.668. The van der Waals surface area contributed by atoms with Gasteiger partial charge in [0.15, 0.2) is 0 Å². The van der Waals surface area contributed by atoms with Gasteiger partial charge in [-0.15, -0.1) is 0 Å². The molecule has 0 saturated heterocycles. The summed E-state index contributed by atoms with van der Waals surface area (Å²) >= 11 is 0. The van der Waals surface area contributed by atoms with E-state index in [9.17, 15) is 0 Å². The van der Waals surface area contributed by atoms with Crippen LogP contribution in [-0.4, -0.2) is 6.61 Å². The predicted octanol–water partition coefficient (Wildman–Crippen LogP) is 8.22. The first kappa shape index (κ1) is 20.7. The fraction of sp³-hybridized carbons (Fsp3) is 0.379. The molecule has 1 aliphatic carbocycles. The van der Waals surface area contributed by atoms with Gasteiger partial charge in [-0.1, -0.05) is 73.7 Å². The molecule has 1 heteroatoms. The molecule has 1 fully saturated rings. The average Bonchev–Trinajstić information content (AvgIpc) is 2.81. The van der Waals surface area contributed by atoms with Crippen molar-refractivity contribution in [3.8, 4) is 16.9 Å². The van der Waals surface area contributed by atoms with Gasteiger partial charge in [0, 0.05) is 0 Å². The molecule has 30 heavy (non-hydrogen) atoms. The first-order valence-electron chi connectivity index (χ1n) is 11.6. The van der Waals surface area contributed by atoms with Gasteiger partial charge >= 0.3 is 0 Å². The first-order chi connectivity index (χ1) is 14.7. The van der Waals surface area contributed by atoms with Crippen molar-refractivity contribution in [2.24, 2.45) is 5.92 Å². The van der Waals surface area contributed by atoms with Crippen molar-refractivity contribution in [2.75, 3.05) is 6.61 Å². The molecule has 156 valence electrons. The molecule has 0 N–H and O–H groups in total. The monoisotopic (exact) mass is 398 g/mol. The Hall–Kier alpha value is -2.54. The van der Waals surface area contributed by atoms with Crippen molar-refractivity contribution in [1.29, 1.82) is 0 Å². The molecule has 1 aliphatic rings. The highest BCUT2D eigenvalue weighted by Crippen LogP contribution is 2.40. The molecule has 0 amide bonds. The maximum absolute atomic E-state index is 5.55. The Bertz CT molecular complexity index is 887. The molecular formula is C29H34O.